The van der Waals surface area contributed by atoms with Gasteiger partial charge in [0.05, 0.1) is 17.9 Å². The highest BCUT2D eigenvalue weighted by Crippen LogP contribution is 2.35. The lowest BCUT2D eigenvalue weighted by Crippen LogP contribution is -2.13. The molecular formula is C24H24F3N5O. The number of aromatic nitrogens is 2. The molecular weight excluding hydrogens is 431 g/mol. The van der Waals surface area contributed by atoms with Crippen molar-refractivity contribution >= 4 is 23.1 Å². The fraction of sp³-hybridized carbons (Fsp3) is 0.292. The van der Waals surface area contributed by atoms with Crippen LogP contribution in [0.4, 0.5) is 36.3 Å². The molecule has 0 unspecified atom stereocenters. The van der Waals surface area contributed by atoms with Gasteiger partial charge in [0, 0.05) is 11.9 Å². The molecule has 9 heteroatoms. The van der Waals surface area contributed by atoms with E-state index < -0.39 is 17.6 Å². The number of unbranched alkanes of at least 4 members (excludes halogenated alkanes) is 3. The maximum atomic E-state index is 13.5. The van der Waals surface area contributed by atoms with Crippen LogP contribution < -0.4 is 15.4 Å². The number of alkyl halides is 3. The Balaban J connectivity index is 1.75. The van der Waals surface area contributed by atoms with Crippen molar-refractivity contribution in [3.63, 3.8) is 0 Å². The first-order valence-corrected chi connectivity index (χ1v) is 10.6. The Labute approximate surface area is 190 Å². The third-order valence-corrected chi connectivity index (χ3v) is 4.77. The Morgan fingerprint density at radius 3 is 2.45 bits per heavy atom. The number of para-hydroxylation sites is 1. The van der Waals surface area contributed by atoms with Gasteiger partial charge in [-0.3, -0.25) is 0 Å². The van der Waals surface area contributed by atoms with Crippen LogP contribution in [0, 0.1) is 11.3 Å². The molecule has 0 amide bonds. The molecule has 0 aliphatic heterocycles. The van der Waals surface area contributed by atoms with Crippen molar-refractivity contribution in [3.05, 3.63) is 65.9 Å². The number of nitrogens with one attached hydrogen (secondary N) is 2. The standard InChI is InChI=1S/C24H24F3N5O/c1-2-3-4-7-14-33-19-12-10-18(11-13-19)30-23-29-16-20(24(25,26)27)22(32-23)31-21-9-6-5-8-17(21)15-28/h5-6,8-13,16H,2-4,7,14H2,1H3,(H2,29,30,31,32). The molecule has 0 atom stereocenters. The van der Waals surface area contributed by atoms with E-state index in [4.69, 9.17) is 4.74 Å². The van der Waals surface area contributed by atoms with Crippen molar-refractivity contribution < 1.29 is 17.9 Å². The number of nitriles is 1. The van der Waals surface area contributed by atoms with Crippen LogP contribution in [0.2, 0.25) is 0 Å². The summed E-state index contributed by atoms with van der Waals surface area (Å²) in [6.07, 6.45) is 0.486. The van der Waals surface area contributed by atoms with Crippen molar-refractivity contribution in [2.24, 2.45) is 0 Å². The normalized spacial score (nSPS) is 11.0. The lowest BCUT2D eigenvalue weighted by Gasteiger charge is -2.15. The number of hydrogen-bond donors (Lipinski definition) is 2. The summed E-state index contributed by atoms with van der Waals surface area (Å²) in [5, 5.41) is 14.7. The second-order valence-corrected chi connectivity index (χ2v) is 7.29. The molecule has 2 N–H and O–H groups in total. The highest BCUT2D eigenvalue weighted by Gasteiger charge is 2.35. The number of ether oxygens (including phenoxy) is 1. The van der Waals surface area contributed by atoms with Crippen LogP contribution in [0.3, 0.4) is 0 Å². The van der Waals surface area contributed by atoms with Crippen molar-refractivity contribution in [1.82, 2.24) is 9.97 Å². The molecule has 0 radical (unpaired) electrons. The minimum atomic E-state index is -4.67. The van der Waals surface area contributed by atoms with Gasteiger partial charge in [0.1, 0.15) is 23.2 Å². The molecule has 1 aromatic heterocycles. The first-order chi connectivity index (χ1) is 15.9. The Morgan fingerprint density at radius 1 is 1.00 bits per heavy atom. The van der Waals surface area contributed by atoms with E-state index in [9.17, 15) is 18.4 Å². The van der Waals surface area contributed by atoms with E-state index in [0.717, 1.165) is 19.3 Å². The van der Waals surface area contributed by atoms with Crippen molar-refractivity contribution in [2.75, 3.05) is 17.2 Å². The van der Waals surface area contributed by atoms with E-state index in [1.165, 1.54) is 18.6 Å². The van der Waals surface area contributed by atoms with E-state index in [1.807, 2.05) is 6.07 Å². The van der Waals surface area contributed by atoms with Crippen LogP contribution >= 0.6 is 0 Å². The highest BCUT2D eigenvalue weighted by atomic mass is 19.4. The summed E-state index contributed by atoms with van der Waals surface area (Å²) in [5.41, 5.74) is -0.0244. The van der Waals surface area contributed by atoms with Crippen LogP contribution in [0.25, 0.3) is 0 Å². The molecule has 0 fully saturated rings. The third-order valence-electron chi connectivity index (χ3n) is 4.77. The van der Waals surface area contributed by atoms with Gasteiger partial charge in [0.15, 0.2) is 0 Å². The molecule has 6 nitrogen and oxygen atoms in total. The Bertz CT molecular complexity index is 1090. The van der Waals surface area contributed by atoms with E-state index in [-0.39, 0.29) is 17.2 Å². The topological polar surface area (TPSA) is 82.9 Å². The maximum absolute atomic E-state index is 13.5. The average Bonchev–Trinajstić information content (AvgIpc) is 2.80. The molecule has 0 aliphatic carbocycles. The number of nitrogens with zero attached hydrogens (tertiary/aromatic N) is 3. The highest BCUT2D eigenvalue weighted by molar-refractivity contribution is 5.67. The smallest absolute Gasteiger partial charge is 0.421 e. The summed E-state index contributed by atoms with van der Waals surface area (Å²) >= 11 is 0. The average molecular weight is 455 g/mol. The summed E-state index contributed by atoms with van der Waals surface area (Å²) in [6, 6.07) is 15.2. The van der Waals surface area contributed by atoms with Gasteiger partial charge in [-0.25, -0.2) is 4.98 Å². The zero-order chi connectivity index (χ0) is 23.7. The summed E-state index contributed by atoms with van der Waals surface area (Å²) < 4.78 is 46.2. The number of rotatable bonds is 10. The van der Waals surface area contributed by atoms with Gasteiger partial charge < -0.3 is 15.4 Å². The van der Waals surface area contributed by atoms with Gasteiger partial charge in [-0.15, -0.1) is 0 Å². The molecule has 33 heavy (non-hydrogen) atoms. The fourth-order valence-electron chi connectivity index (χ4n) is 3.04. The Hall–Kier alpha value is -3.80. The second-order valence-electron chi connectivity index (χ2n) is 7.29. The molecule has 0 saturated heterocycles. The second kappa shape index (κ2) is 11.2. The van der Waals surface area contributed by atoms with Crippen molar-refractivity contribution in [3.8, 4) is 11.8 Å². The molecule has 0 aliphatic rings. The zero-order valence-corrected chi connectivity index (χ0v) is 18.1. The third kappa shape index (κ3) is 6.84. The quantitative estimate of drug-likeness (QED) is 0.327. The summed E-state index contributed by atoms with van der Waals surface area (Å²) in [6.45, 7) is 2.78. The zero-order valence-electron chi connectivity index (χ0n) is 18.1. The lowest BCUT2D eigenvalue weighted by atomic mass is 10.2. The predicted octanol–water partition coefficient (Wildman–Crippen LogP) is 6.81. The van der Waals surface area contributed by atoms with Gasteiger partial charge in [0.2, 0.25) is 5.95 Å². The van der Waals surface area contributed by atoms with Gasteiger partial charge in [-0.2, -0.15) is 23.4 Å². The van der Waals surface area contributed by atoms with Crippen molar-refractivity contribution in [2.45, 2.75) is 38.8 Å². The fourth-order valence-corrected chi connectivity index (χ4v) is 3.04. The van der Waals surface area contributed by atoms with Crippen molar-refractivity contribution in [1.29, 1.82) is 5.26 Å². The SMILES string of the molecule is CCCCCCOc1ccc(Nc2ncc(C(F)(F)F)c(Nc3ccccc3C#N)n2)cc1. The lowest BCUT2D eigenvalue weighted by molar-refractivity contribution is -0.137. The minimum absolute atomic E-state index is 0.0202. The summed E-state index contributed by atoms with van der Waals surface area (Å²) in [7, 11) is 0. The Kier molecular flexibility index (Phi) is 8.08. The first-order valence-electron chi connectivity index (χ1n) is 10.6. The monoisotopic (exact) mass is 455 g/mol. The predicted molar refractivity (Wildman–Crippen MR) is 121 cm³/mol. The summed E-state index contributed by atoms with van der Waals surface area (Å²) in [4.78, 5) is 7.82. The molecule has 0 spiro atoms. The molecule has 3 aromatic rings. The molecule has 2 aromatic carbocycles. The van der Waals surface area contributed by atoms with Gasteiger partial charge in [-0.1, -0.05) is 38.3 Å². The van der Waals surface area contributed by atoms with Crippen LogP contribution in [-0.2, 0) is 6.18 Å². The van der Waals surface area contributed by atoms with Crippen LogP contribution in [-0.4, -0.2) is 16.6 Å². The van der Waals surface area contributed by atoms with E-state index >= 15 is 0 Å². The van der Waals surface area contributed by atoms with E-state index in [0.29, 0.717) is 24.2 Å². The van der Waals surface area contributed by atoms with Gasteiger partial charge >= 0.3 is 6.18 Å². The first kappa shape index (κ1) is 23.9. The minimum Gasteiger partial charge on any atom is -0.494 e. The molecule has 0 bridgehead atoms. The van der Waals surface area contributed by atoms with Crippen LogP contribution in [0.5, 0.6) is 5.75 Å². The summed E-state index contributed by atoms with van der Waals surface area (Å²) in [5.74, 6) is 0.240. The largest absolute Gasteiger partial charge is 0.494 e. The number of halogens is 3. The van der Waals surface area contributed by atoms with E-state index in [2.05, 4.69) is 27.5 Å². The number of benzene rings is 2. The maximum Gasteiger partial charge on any atom is 0.421 e. The van der Waals surface area contributed by atoms with Crippen LogP contribution in [0.1, 0.15) is 43.7 Å². The molecule has 0 saturated carbocycles. The molecule has 1 heterocycles. The van der Waals surface area contributed by atoms with Gasteiger partial charge in [-0.05, 0) is 42.8 Å². The Morgan fingerprint density at radius 2 is 1.76 bits per heavy atom. The van der Waals surface area contributed by atoms with Crippen LogP contribution in [0.15, 0.2) is 54.7 Å². The number of hydrogen-bond acceptors (Lipinski definition) is 6. The molecule has 172 valence electrons. The molecule has 3 rings (SSSR count). The number of anilines is 4. The van der Waals surface area contributed by atoms with E-state index in [1.54, 1.807) is 36.4 Å². The van der Waals surface area contributed by atoms with Gasteiger partial charge in [0.25, 0.3) is 0 Å².